The molecule has 94 valence electrons. The zero-order valence-electron chi connectivity index (χ0n) is 11.1. The van der Waals surface area contributed by atoms with Gasteiger partial charge in [-0.15, -0.1) is 0 Å². The van der Waals surface area contributed by atoms with Gasteiger partial charge in [0.2, 0.25) is 0 Å². The van der Waals surface area contributed by atoms with E-state index in [0.29, 0.717) is 5.41 Å². The average Bonchev–Trinajstić information content (AvgIpc) is 2.37. The maximum atomic E-state index is 3.46. The third-order valence-corrected chi connectivity index (χ3v) is 4.23. The molecule has 1 nitrogen and oxygen atoms in total. The molecule has 0 aliphatic carbocycles. The molecule has 1 N–H and O–H groups in total. The van der Waals surface area contributed by atoms with E-state index in [4.69, 9.17) is 0 Å². The van der Waals surface area contributed by atoms with Gasteiger partial charge in [0.05, 0.1) is 0 Å². The molecule has 0 bridgehead atoms. The molecule has 1 heteroatoms. The highest BCUT2D eigenvalue weighted by Gasteiger charge is 2.36. The molecule has 1 saturated heterocycles. The lowest BCUT2D eigenvalue weighted by atomic mass is 9.72. The maximum absolute atomic E-state index is 3.46. The van der Waals surface area contributed by atoms with Gasteiger partial charge in [0.25, 0.3) is 0 Å². The van der Waals surface area contributed by atoms with Crippen molar-refractivity contribution in [1.29, 1.82) is 0 Å². The third-order valence-electron chi connectivity index (χ3n) is 4.23. The van der Waals surface area contributed by atoms with Crippen molar-refractivity contribution in [3.05, 3.63) is 48.0 Å². The Morgan fingerprint density at radius 2 is 1.83 bits per heavy atom. The van der Waals surface area contributed by atoms with E-state index in [1.54, 1.807) is 0 Å². The molecule has 0 unspecified atom stereocenters. The number of benzene rings is 2. The van der Waals surface area contributed by atoms with Gasteiger partial charge in [-0.25, -0.2) is 0 Å². The molecule has 0 aromatic heterocycles. The van der Waals surface area contributed by atoms with E-state index < -0.39 is 0 Å². The summed E-state index contributed by atoms with van der Waals surface area (Å²) < 4.78 is 0. The molecule has 0 atom stereocenters. The van der Waals surface area contributed by atoms with Crippen LogP contribution in [0.5, 0.6) is 0 Å². The van der Waals surface area contributed by atoms with Gasteiger partial charge in [0.15, 0.2) is 0 Å². The first-order chi connectivity index (χ1) is 8.83. The number of fused-ring (bicyclic) bond motifs is 1. The Morgan fingerprint density at radius 1 is 1.06 bits per heavy atom. The van der Waals surface area contributed by atoms with E-state index in [1.807, 2.05) is 0 Å². The quantitative estimate of drug-likeness (QED) is 0.856. The Labute approximate surface area is 109 Å². The number of hydrogen-bond acceptors (Lipinski definition) is 1. The van der Waals surface area contributed by atoms with Crippen LogP contribution in [0.25, 0.3) is 10.8 Å². The predicted molar refractivity (Wildman–Crippen MR) is 77.9 cm³/mol. The van der Waals surface area contributed by atoms with Gasteiger partial charge < -0.3 is 5.32 Å². The van der Waals surface area contributed by atoms with E-state index >= 15 is 0 Å². The van der Waals surface area contributed by atoms with Crippen LogP contribution in [0.4, 0.5) is 0 Å². The summed E-state index contributed by atoms with van der Waals surface area (Å²) >= 11 is 0. The molecule has 18 heavy (non-hydrogen) atoms. The first kappa shape index (κ1) is 11.7. The van der Waals surface area contributed by atoms with Gasteiger partial charge in [-0.1, -0.05) is 55.8 Å². The molecule has 1 fully saturated rings. The topological polar surface area (TPSA) is 12.0 Å². The second kappa shape index (κ2) is 4.74. The minimum Gasteiger partial charge on any atom is -0.316 e. The molecule has 0 spiro atoms. The van der Waals surface area contributed by atoms with Crippen molar-refractivity contribution in [2.75, 3.05) is 13.1 Å². The van der Waals surface area contributed by atoms with Crippen LogP contribution >= 0.6 is 0 Å². The summed E-state index contributed by atoms with van der Waals surface area (Å²) in [4.78, 5) is 0. The Morgan fingerprint density at radius 3 is 2.56 bits per heavy atom. The molecule has 1 heterocycles. The molecule has 1 aliphatic rings. The molecule has 2 aromatic carbocycles. The van der Waals surface area contributed by atoms with Crippen LogP contribution in [0.1, 0.15) is 25.3 Å². The smallest absolute Gasteiger partial charge is 0.00234 e. The Kier molecular flexibility index (Phi) is 3.09. The lowest BCUT2D eigenvalue weighted by Crippen LogP contribution is -2.54. The summed E-state index contributed by atoms with van der Waals surface area (Å²) in [6.45, 7) is 4.66. The second-order valence-electron chi connectivity index (χ2n) is 5.67. The molecule has 1 aliphatic heterocycles. The highest BCUT2D eigenvalue weighted by Crippen LogP contribution is 2.34. The van der Waals surface area contributed by atoms with Crippen LogP contribution < -0.4 is 5.32 Å². The predicted octanol–water partition coefficient (Wildman–Crippen LogP) is 3.77. The van der Waals surface area contributed by atoms with Crippen molar-refractivity contribution in [2.45, 2.75) is 26.2 Å². The molecule has 0 radical (unpaired) electrons. The summed E-state index contributed by atoms with van der Waals surface area (Å²) in [7, 11) is 0. The summed E-state index contributed by atoms with van der Waals surface area (Å²) in [5, 5.41) is 6.26. The van der Waals surface area contributed by atoms with Crippen LogP contribution in [-0.2, 0) is 6.42 Å². The maximum Gasteiger partial charge on any atom is 0.00234 e. The second-order valence-corrected chi connectivity index (χ2v) is 5.67. The number of rotatable bonds is 4. The monoisotopic (exact) mass is 239 g/mol. The zero-order chi connectivity index (χ0) is 12.4. The van der Waals surface area contributed by atoms with E-state index in [2.05, 4.69) is 54.7 Å². The van der Waals surface area contributed by atoms with Crippen molar-refractivity contribution in [2.24, 2.45) is 5.41 Å². The molecular weight excluding hydrogens is 218 g/mol. The van der Waals surface area contributed by atoms with Crippen molar-refractivity contribution < 1.29 is 0 Å². The number of nitrogens with one attached hydrogen (secondary N) is 1. The summed E-state index contributed by atoms with van der Waals surface area (Å²) in [6, 6.07) is 15.5. The largest absolute Gasteiger partial charge is 0.316 e. The minimum absolute atomic E-state index is 0.513. The van der Waals surface area contributed by atoms with Crippen LogP contribution in [0.2, 0.25) is 0 Å². The lowest BCUT2D eigenvalue weighted by molar-refractivity contribution is 0.151. The standard InChI is InChI=1S/C17H21N/c1-2-10-17(12-18-13-17)11-15-8-5-7-14-6-3-4-9-16(14)15/h3-9,18H,2,10-13H2,1H3. The first-order valence-electron chi connectivity index (χ1n) is 7.00. The zero-order valence-corrected chi connectivity index (χ0v) is 11.1. The van der Waals surface area contributed by atoms with E-state index in [-0.39, 0.29) is 0 Å². The van der Waals surface area contributed by atoms with Gasteiger partial charge in [-0.3, -0.25) is 0 Å². The average molecular weight is 239 g/mol. The summed E-state index contributed by atoms with van der Waals surface area (Å²) in [5.41, 5.74) is 2.03. The fraction of sp³-hybridized carbons (Fsp3) is 0.412. The SMILES string of the molecule is CCCC1(Cc2cccc3ccccc23)CNC1. The van der Waals surface area contributed by atoms with Gasteiger partial charge >= 0.3 is 0 Å². The van der Waals surface area contributed by atoms with Crippen molar-refractivity contribution in [3.8, 4) is 0 Å². The van der Waals surface area contributed by atoms with Crippen LogP contribution in [0, 0.1) is 5.41 Å². The fourth-order valence-electron chi connectivity index (χ4n) is 3.25. The van der Waals surface area contributed by atoms with E-state index in [0.717, 1.165) is 0 Å². The summed E-state index contributed by atoms with van der Waals surface area (Å²) in [6.07, 6.45) is 3.84. The van der Waals surface area contributed by atoms with Gasteiger partial charge in [0, 0.05) is 13.1 Å². The normalized spacial score (nSPS) is 17.6. The lowest BCUT2D eigenvalue weighted by Gasteiger charge is -2.43. The van der Waals surface area contributed by atoms with E-state index in [9.17, 15) is 0 Å². The van der Waals surface area contributed by atoms with Gasteiger partial charge in [-0.2, -0.15) is 0 Å². The molecular formula is C17H21N. The fourth-order valence-corrected chi connectivity index (χ4v) is 3.25. The van der Waals surface area contributed by atoms with Gasteiger partial charge in [0.1, 0.15) is 0 Å². The highest BCUT2D eigenvalue weighted by molar-refractivity contribution is 5.85. The minimum atomic E-state index is 0.513. The number of hydrogen-bond donors (Lipinski definition) is 1. The first-order valence-corrected chi connectivity index (χ1v) is 7.00. The van der Waals surface area contributed by atoms with E-state index in [1.165, 1.54) is 48.7 Å². The Balaban J connectivity index is 1.94. The van der Waals surface area contributed by atoms with Gasteiger partial charge in [-0.05, 0) is 34.6 Å². The van der Waals surface area contributed by atoms with Crippen LogP contribution in [0.15, 0.2) is 42.5 Å². The molecule has 3 rings (SSSR count). The Bertz CT molecular complexity index is 535. The van der Waals surface area contributed by atoms with Crippen molar-refractivity contribution in [1.82, 2.24) is 5.32 Å². The molecule has 0 amide bonds. The Hall–Kier alpha value is -1.34. The third kappa shape index (κ3) is 2.04. The van der Waals surface area contributed by atoms with Crippen molar-refractivity contribution in [3.63, 3.8) is 0 Å². The summed E-state index contributed by atoms with van der Waals surface area (Å²) in [5.74, 6) is 0. The van der Waals surface area contributed by atoms with Crippen LogP contribution in [0.3, 0.4) is 0 Å². The van der Waals surface area contributed by atoms with Crippen LogP contribution in [-0.4, -0.2) is 13.1 Å². The molecule has 0 saturated carbocycles. The van der Waals surface area contributed by atoms with Crippen molar-refractivity contribution >= 4 is 10.8 Å². The molecule has 2 aromatic rings. The highest BCUT2D eigenvalue weighted by atomic mass is 15.0.